The molecule has 9 heavy (non-hydrogen) atoms. The van der Waals surface area contributed by atoms with Crippen molar-refractivity contribution in [3.63, 3.8) is 0 Å². The molecule has 0 aliphatic rings. The quantitative estimate of drug-likeness (QED) is 0.621. The molecule has 56 valence electrons. The summed E-state index contributed by atoms with van der Waals surface area (Å²) in [5.74, 6) is 0. The Kier molecular flexibility index (Phi) is 3.82. The van der Waals surface area contributed by atoms with Crippen LogP contribution in [-0.4, -0.2) is 18.8 Å². The molecular weight excluding hydrogens is 114 g/mol. The Morgan fingerprint density at radius 2 is 2.00 bits per heavy atom. The average Bonchev–Trinajstić information content (AvgIpc) is 1.84. The number of nitrogens with two attached hydrogens (primary N) is 1. The summed E-state index contributed by atoms with van der Waals surface area (Å²) >= 11 is 0. The summed E-state index contributed by atoms with van der Waals surface area (Å²) in [4.78, 5) is 0. The number of ether oxygens (including phenoxy) is 1. The summed E-state index contributed by atoms with van der Waals surface area (Å²) in [6, 6.07) is 0. The van der Waals surface area contributed by atoms with E-state index < -0.39 is 0 Å². The van der Waals surface area contributed by atoms with Gasteiger partial charge in [0, 0.05) is 13.2 Å². The van der Waals surface area contributed by atoms with Crippen molar-refractivity contribution in [2.75, 3.05) is 13.2 Å². The minimum absolute atomic E-state index is 0.129. The first-order valence-corrected chi connectivity index (χ1v) is 3.46. The number of hydrogen-bond acceptors (Lipinski definition) is 2. The van der Waals surface area contributed by atoms with Gasteiger partial charge in [-0.3, -0.25) is 0 Å². The molecule has 0 saturated carbocycles. The molecule has 0 atom stereocenters. The Labute approximate surface area is 57.4 Å². The number of hydrogen-bond donors (Lipinski definition) is 1. The molecule has 0 aromatic rings. The van der Waals surface area contributed by atoms with Crippen LogP contribution in [0.3, 0.4) is 0 Å². The van der Waals surface area contributed by atoms with Crippen molar-refractivity contribution in [2.45, 2.75) is 32.8 Å². The minimum atomic E-state index is -0.129. The van der Waals surface area contributed by atoms with Gasteiger partial charge in [0.05, 0.1) is 5.60 Å². The van der Waals surface area contributed by atoms with Crippen molar-refractivity contribution in [1.29, 1.82) is 0 Å². The van der Waals surface area contributed by atoms with Gasteiger partial charge in [0.1, 0.15) is 0 Å². The van der Waals surface area contributed by atoms with Crippen molar-refractivity contribution < 1.29 is 4.74 Å². The second-order valence-corrected chi connectivity index (χ2v) is 2.81. The van der Waals surface area contributed by atoms with Crippen LogP contribution in [0.1, 0.15) is 27.2 Å². The summed E-state index contributed by atoms with van der Waals surface area (Å²) in [6.45, 7) is 7.50. The van der Waals surface area contributed by atoms with Crippen molar-refractivity contribution in [3.8, 4) is 0 Å². The molecule has 0 aromatic heterocycles. The summed E-state index contributed by atoms with van der Waals surface area (Å²) in [7, 11) is 0. The van der Waals surface area contributed by atoms with Gasteiger partial charge in [-0.2, -0.15) is 0 Å². The normalized spacial score (nSPS) is 12.0. The minimum Gasteiger partial charge on any atom is -0.374 e. The van der Waals surface area contributed by atoms with Gasteiger partial charge in [-0.15, -0.1) is 0 Å². The van der Waals surface area contributed by atoms with Crippen LogP contribution in [0.5, 0.6) is 0 Å². The maximum Gasteiger partial charge on any atom is 0.0748 e. The molecule has 0 bridgehead atoms. The highest BCUT2D eigenvalue weighted by molar-refractivity contribution is 4.67. The second kappa shape index (κ2) is 3.85. The van der Waals surface area contributed by atoms with Crippen LogP contribution in [0.4, 0.5) is 0 Å². The van der Waals surface area contributed by atoms with Gasteiger partial charge in [0.2, 0.25) is 0 Å². The fourth-order valence-corrected chi connectivity index (χ4v) is 0.437. The molecule has 0 fully saturated rings. The van der Waals surface area contributed by atoms with Crippen molar-refractivity contribution in [3.05, 3.63) is 0 Å². The number of rotatable bonds is 4. The fourth-order valence-electron chi connectivity index (χ4n) is 0.437. The monoisotopic (exact) mass is 131 g/mol. The van der Waals surface area contributed by atoms with Gasteiger partial charge in [-0.25, -0.2) is 0 Å². The molecule has 0 aliphatic carbocycles. The molecule has 2 N–H and O–H groups in total. The lowest BCUT2D eigenvalue weighted by Crippen LogP contribution is -2.34. The van der Waals surface area contributed by atoms with Crippen LogP contribution in [0, 0.1) is 0 Å². The Hall–Kier alpha value is -0.0800. The molecule has 0 heterocycles. The molecule has 2 nitrogen and oxygen atoms in total. The van der Waals surface area contributed by atoms with Crippen LogP contribution >= 0.6 is 0 Å². The largest absolute Gasteiger partial charge is 0.374 e. The topological polar surface area (TPSA) is 35.2 Å². The molecule has 0 spiro atoms. The maximum absolute atomic E-state index is 5.42. The van der Waals surface area contributed by atoms with E-state index in [4.69, 9.17) is 10.5 Å². The molecule has 0 unspecified atom stereocenters. The zero-order valence-electron chi connectivity index (χ0n) is 6.61. The molecule has 0 rings (SSSR count). The van der Waals surface area contributed by atoms with Gasteiger partial charge in [0.15, 0.2) is 0 Å². The average molecular weight is 131 g/mol. The summed E-state index contributed by atoms with van der Waals surface area (Å²) in [6.07, 6.45) is 1.06. The highest BCUT2D eigenvalue weighted by Crippen LogP contribution is 2.05. The van der Waals surface area contributed by atoms with Crippen molar-refractivity contribution >= 4 is 0 Å². The van der Waals surface area contributed by atoms with Gasteiger partial charge < -0.3 is 10.5 Å². The van der Waals surface area contributed by atoms with E-state index in [1.165, 1.54) is 0 Å². The third-order valence-corrected chi connectivity index (χ3v) is 1.19. The van der Waals surface area contributed by atoms with Crippen LogP contribution in [0.2, 0.25) is 0 Å². The molecule has 0 amide bonds. The van der Waals surface area contributed by atoms with Crippen molar-refractivity contribution in [1.82, 2.24) is 0 Å². The Balaban J connectivity index is 3.33. The first kappa shape index (κ1) is 8.92. The molecule has 0 aliphatic heterocycles. The molecule has 0 saturated heterocycles. The van der Waals surface area contributed by atoms with Crippen LogP contribution in [0.25, 0.3) is 0 Å². The van der Waals surface area contributed by atoms with Crippen LogP contribution in [0.15, 0.2) is 0 Å². The van der Waals surface area contributed by atoms with E-state index in [9.17, 15) is 0 Å². The van der Waals surface area contributed by atoms with Crippen LogP contribution < -0.4 is 5.73 Å². The first-order valence-electron chi connectivity index (χ1n) is 3.46. The Morgan fingerprint density at radius 3 is 2.33 bits per heavy atom. The smallest absolute Gasteiger partial charge is 0.0748 e. The van der Waals surface area contributed by atoms with Gasteiger partial charge in [0.25, 0.3) is 0 Å². The van der Waals surface area contributed by atoms with E-state index in [0.29, 0.717) is 6.54 Å². The van der Waals surface area contributed by atoms with Crippen LogP contribution in [-0.2, 0) is 4.74 Å². The summed E-state index contributed by atoms with van der Waals surface area (Å²) in [5, 5.41) is 0. The van der Waals surface area contributed by atoms with E-state index in [-0.39, 0.29) is 5.60 Å². The highest BCUT2D eigenvalue weighted by Gasteiger charge is 2.13. The van der Waals surface area contributed by atoms with E-state index >= 15 is 0 Å². The van der Waals surface area contributed by atoms with E-state index in [1.54, 1.807) is 0 Å². The van der Waals surface area contributed by atoms with Gasteiger partial charge >= 0.3 is 0 Å². The van der Waals surface area contributed by atoms with E-state index in [0.717, 1.165) is 13.0 Å². The molecule has 0 radical (unpaired) electrons. The lowest BCUT2D eigenvalue weighted by molar-refractivity contribution is -0.00986. The van der Waals surface area contributed by atoms with E-state index in [1.807, 2.05) is 13.8 Å². The Morgan fingerprint density at radius 1 is 1.44 bits per heavy atom. The lowest BCUT2D eigenvalue weighted by atomic mass is 10.1. The van der Waals surface area contributed by atoms with E-state index in [2.05, 4.69) is 6.92 Å². The zero-order chi connectivity index (χ0) is 7.33. The van der Waals surface area contributed by atoms with Gasteiger partial charge in [-0.1, -0.05) is 6.92 Å². The third-order valence-electron chi connectivity index (χ3n) is 1.19. The Bertz CT molecular complexity index is 71.3. The highest BCUT2D eigenvalue weighted by atomic mass is 16.5. The molecular formula is C7H17NO. The predicted octanol–water partition coefficient (Wildman–Crippen LogP) is 1.15. The maximum atomic E-state index is 5.42. The first-order chi connectivity index (χ1) is 4.12. The zero-order valence-corrected chi connectivity index (χ0v) is 6.61. The predicted molar refractivity (Wildman–Crippen MR) is 39.4 cm³/mol. The fraction of sp³-hybridized carbons (Fsp3) is 1.00. The van der Waals surface area contributed by atoms with Crippen molar-refractivity contribution in [2.24, 2.45) is 5.73 Å². The SMILES string of the molecule is CCCOC(C)(C)CN. The molecule has 0 aromatic carbocycles. The standard InChI is InChI=1S/C7H17NO/c1-4-5-9-7(2,3)6-8/h4-6,8H2,1-3H3. The second-order valence-electron chi connectivity index (χ2n) is 2.81. The third kappa shape index (κ3) is 4.43. The van der Waals surface area contributed by atoms with Gasteiger partial charge in [-0.05, 0) is 20.3 Å². The molecule has 2 heteroatoms. The summed E-state index contributed by atoms with van der Waals surface area (Å²) < 4.78 is 5.40. The lowest BCUT2D eigenvalue weighted by Gasteiger charge is -2.22. The summed E-state index contributed by atoms with van der Waals surface area (Å²) in [5.41, 5.74) is 5.29.